The van der Waals surface area contributed by atoms with Crippen LogP contribution >= 0.6 is 0 Å². The van der Waals surface area contributed by atoms with E-state index in [4.69, 9.17) is 15.0 Å². The van der Waals surface area contributed by atoms with Crippen molar-refractivity contribution in [1.29, 1.82) is 0 Å². The molecule has 11 heteroatoms. The predicted octanol–water partition coefficient (Wildman–Crippen LogP) is -0.00820. The normalized spacial score (nSPS) is 32.9. The summed E-state index contributed by atoms with van der Waals surface area (Å²) >= 11 is 0. The average Bonchev–Trinajstić information content (AvgIpc) is 3.11. The summed E-state index contributed by atoms with van der Waals surface area (Å²) in [6, 6.07) is -0.509. The van der Waals surface area contributed by atoms with E-state index >= 15 is 0 Å². The van der Waals surface area contributed by atoms with Crippen molar-refractivity contribution in [2.75, 3.05) is 13.1 Å². The van der Waals surface area contributed by atoms with Crippen molar-refractivity contribution in [3.05, 3.63) is 10.4 Å². The minimum Gasteiger partial charge on any atom is -0.382 e. The quantitative estimate of drug-likeness (QED) is 0.303. The second-order valence-corrected chi connectivity index (χ2v) is 8.04. The van der Waals surface area contributed by atoms with Gasteiger partial charge in [-0.15, -0.1) is 0 Å². The molecule has 2 heterocycles. The van der Waals surface area contributed by atoms with Gasteiger partial charge in [0.15, 0.2) is 0 Å². The number of carbonyl (C=O) groups is 2. The fourth-order valence-corrected chi connectivity index (χ4v) is 3.95. The lowest BCUT2D eigenvalue weighted by atomic mass is 9.92. The number of ether oxygens (including phenoxy) is 2. The molecule has 9 nitrogen and oxygen atoms in total. The summed E-state index contributed by atoms with van der Waals surface area (Å²) in [6.07, 6.45) is 1.26. The Morgan fingerprint density at radius 3 is 2.52 bits per heavy atom. The molecule has 2 saturated heterocycles. The molecule has 2 fully saturated rings. The van der Waals surface area contributed by atoms with Crippen molar-refractivity contribution in [2.24, 2.45) is 17.0 Å². The van der Waals surface area contributed by atoms with Crippen LogP contribution in [-0.4, -0.2) is 75.9 Å². The standard InChI is InChI=1S/C16H29B2N5O4/c1-8(2)15-10(5-13(18)27-15)21-16(25)23(14(24)6-20-22-19)7-11-9(3)4-12(17)26-11/h8-13,15H,4-7,17-18H2,1-3H3,(H,21,25). The first kappa shape index (κ1) is 21.6. The van der Waals surface area contributed by atoms with Crippen LogP contribution in [0.15, 0.2) is 5.11 Å². The molecule has 2 aliphatic rings. The summed E-state index contributed by atoms with van der Waals surface area (Å²) in [5.74, 6) is -0.0545. The van der Waals surface area contributed by atoms with Crippen LogP contribution in [0.3, 0.4) is 0 Å². The third kappa shape index (κ3) is 5.64. The molecule has 0 aliphatic carbocycles. The zero-order valence-corrected chi connectivity index (χ0v) is 16.8. The first-order valence-corrected chi connectivity index (χ1v) is 9.65. The number of nitrogens with one attached hydrogen (secondary N) is 1. The van der Waals surface area contributed by atoms with Gasteiger partial charge >= 0.3 is 6.03 Å². The highest BCUT2D eigenvalue weighted by Gasteiger charge is 2.39. The molecule has 27 heavy (non-hydrogen) atoms. The number of hydrogen-bond acceptors (Lipinski definition) is 5. The molecule has 2 aliphatic heterocycles. The molecule has 1 N–H and O–H groups in total. The van der Waals surface area contributed by atoms with E-state index in [-0.39, 0.29) is 48.6 Å². The lowest BCUT2D eigenvalue weighted by molar-refractivity contribution is -0.128. The third-order valence-corrected chi connectivity index (χ3v) is 5.26. The maximum Gasteiger partial charge on any atom is 0.324 e. The van der Waals surface area contributed by atoms with E-state index < -0.39 is 18.5 Å². The summed E-state index contributed by atoms with van der Waals surface area (Å²) in [5.41, 5.74) is 8.50. The van der Waals surface area contributed by atoms with Crippen molar-refractivity contribution in [3.8, 4) is 0 Å². The Hall–Kier alpha value is -1.70. The van der Waals surface area contributed by atoms with Gasteiger partial charge in [0.25, 0.3) is 0 Å². The van der Waals surface area contributed by atoms with E-state index in [1.807, 2.05) is 36.5 Å². The second-order valence-electron chi connectivity index (χ2n) is 8.04. The monoisotopic (exact) mass is 377 g/mol. The minimum atomic E-state index is -0.534. The lowest BCUT2D eigenvalue weighted by Crippen LogP contribution is -2.53. The Bertz CT molecular complexity index is 601. The van der Waals surface area contributed by atoms with E-state index in [9.17, 15) is 9.59 Å². The van der Waals surface area contributed by atoms with Crippen LogP contribution in [-0.2, 0) is 14.3 Å². The number of rotatable bonds is 6. The zero-order chi connectivity index (χ0) is 20.1. The Morgan fingerprint density at radius 1 is 1.30 bits per heavy atom. The molecule has 0 aromatic carbocycles. The van der Waals surface area contributed by atoms with Crippen molar-refractivity contribution in [2.45, 2.75) is 63.9 Å². The fourth-order valence-electron chi connectivity index (χ4n) is 3.95. The average molecular weight is 377 g/mol. The highest BCUT2D eigenvalue weighted by molar-refractivity contribution is 6.11. The van der Waals surface area contributed by atoms with E-state index in [1.165, 1.54) is 0 Å². The van der Waals surface area contributed by atoms with E-state index in [2.05, 4.69) is 15.3 Å². The molecule has 0 aromatic heterocycles. The number of urea groups is 1. The number of azide groups is 1. The fraction of sp³-hybridized carbons (Fsp3) is 0.875. The predicted molar refractivity (Wildman–Crippen MR) is 106 cm³/mol. The van der Waals surface area contributed by atoms with Gasteiger partial charge in [0, 0.05) is 16.9 Å². The van der Waals surface area contributed by atoms with Crippen LogP contribution in [0.5, 0.6) is 0 Å². The van der Waals surface area contributed by atoms with Crippen LogP contribution < -0.4 is 5.32 Å². The highest BCUT2D eigenvalue weighted by Crippen LogP contribution is 2.27. The van der Waals surface area contributed by atoms with Crippen LogP contribution in [0.25, 0.3) is 10.4 Å². The lowest BCUT2D eigenvalue weighted by Gasteiger charge is -2.29. The Balaban J connectivity index is 2.10. The Morgan fingerprint density at radius 2 is 1.96 bits per heavy atom. The molecule has 148 valence electrons. The van der Waals surface area contributed by atoms with Gasteiger partial charge in [-0.05, 0) is 30.2 Å². The van der Waals surface area contributed by atoms with Gasteiger partial charge in [-0.2, -0.15) is 0 Å². The maximum absolute atomic E-state index is 12.9. The Kier molecular flexibility index (Phi) is 7.58. The zero-order valence-electron chi connectivity index (χ0n) is 16.8. The SMILES string of the molecule is BC1CC(C)C(CN(C(=O)CN=[N+]=[N-])C(=O)NC2CC(B)OC2C(C)C)O1. The third-order valence-electron chi connectivity index (χ3n) is 5.26. The number of imide groups is 1. The smallest absolute Gasteiger partial charge is 0.324 e. The van der Waals surface area contributed by atoms with Crippen molar-refractivity contribution >= 4 is 27.6 Å². The van der Waals surface area contributed by atoms with Gasteiger partial charge in [-0.1, -0.05) is 25.9 Å². The molecule has 3 amide bonds. The topological polar surface area (TPSA) is 117 Å². The first-order chi connectivity index (χ1) is 12.7. The van der Waals surface area contributed by atoms with Gasteiger partial charge in [0.1, 0.15) is 22.2 Å². The second kappa shape index (κ2) is 9.48. The summed E-state index contributed by atoms with van der Waals surface area (Å²) < 4.78 is 11.7. The van der Waals surface area contributed by atoms with Crippen LogP contribution in [0.2, 0.25) is 0 Å². The van der Waals surface area contributed by atoms with Gasteiger partial charge in [-0.25, -0.2) is 4.79 Å². The number of nitrogens with zero attached hydrogens (tertiary/aromatic N) is 4. The minimum absolute atomic E-state index is 0.0501. The largest absolute Gasteiger partial charge is 0.382 e. The number of carbonyl (C=O) groups excluding carboxylic acids is 2. The van der Waals surface area contributed by atoms with E-state index in [0.717, 1.165) is 11.3 Å². The van der Waals surface area contributed by atoms with Crippen molar-refractivity contribution < 1.29 is 19.1 Å². The highest BCUT2D eigenvalue weighted by atomic mass is 16.5. The summed E-state index contributed by atoms with van der Waals surface area (Å²) in [7, 11) is 3.95. The van der Waals surface area contributed by atoms with Gasteiger partial charge in [0.05, 0.1) is 24.8 Å². The molecule has 0 spiro atoms. The van der Waals surface area contributed by atoms with Crippen LogP contribution in [0.4, 0.5) is 4.79 Å². The van der Waals surface area contributed by atoms with Gasteiger partial charge < -0.3 is 14.8 Å². The molecule has 0 aromatic rings. The van der Waals surface area contributed by atoms with Crippen molar-refractivity contribution in [1.82, 2.24) is 10.2 Å². The maximum atomic E-state index is 12.9. The number of amides is 3. The van der Waals surface area contributed by atoms with E-state index in [1.54, 1.807) is 0 Å². The Labute approximate surface area is 161 Å². The summed E-state index contributed by atoms with van der Waals surface area (Å²) in [6.45, 7) is 5.88. The van der Waals surface area contributed by atoms with Crippen LogP contribution in [0, 0.1) is 11.8 Å². The molecular formula is C16H29B2N5O4. The van der Waals surface area contributed by atoms with E-state index in [0.29, 0.717) is 6.42 Å². The molecule has 6 unspecified atom stereocenters. The molecule has 0 radical (unpaired) electrons. The first-order valence-electron chi connectivity index (χ1n) is 9.65. The van der Waals surface area contributed by atoms with Gasteiger partial charge in [0.2, 0.25) is 5.91 Å². The molecule has 6 atom stereocenters. The molecule has 0 bridgehead atoms. The molecule has 0 saturated carbocycles. The number of hydrogen-bond donors (Lipinski definition) is 1. The molecule has 2 rings (SSSR count). The summed E-state index contributed by atoms with van der Waals surface area (Å²) in [4.78, 5) is 29.1. The summed E-state index contributed by atoms with van der Waals surface area (Å²) in [5, 5.41) is 6.26. The molecular weight excluding hydrogens is 348 g/mol. The van der Waals surface area contributed by atoms with Crippen molar-refractivity contribution in [3.63, 3.8) is 0 Å². The van der Waals surface area contributed by atoms with Gasteiger partial charge in [-0.3, -0.25) is 9.69 Å². The van der Waals surface area contributed by atoms with Crippen LogP contribution in [0.1, 0.15) is 33.6 Å².